The monoisotopic (exact) mass is 306 g/mol. The molecule has 2 aromatic rings. The van der Waals surface area contributed by atoms with E-state index in [9.17, 15) is 10.1 Å². The number of nitro groups is 1. The minimum Gasteiger partial charge on any atom is -0.362 e. The van der Waals surface area contributed by atoms with Crippen LogP contribution in [-0.2, 0) is 0 Å². The van der Waals surface area contributed by atoms with E-state index in [2.05, 4.69) is 22.1 Å². The zero-order valence-electron chi connectivity index (χ0n) is 11.9. The van der Waals surface area contributed by atoms with Crippen molar-refractivity contribution in [1.29, 1.82) is 0 Å². The number of aromatic nitrogens is 1. The lowest BCUT2D eigenvalue weighted by molar-refractivity contribution is -0.382. The first-order valence-corrected chi connectivity index (χ1v) is 8.08. The Bertz CT molecular complexity index is 651. The molecule has 7 heteroatoms. The van der Waals surface area contributed by atoms with Crippen LogP contribution in [-0.4, -0.2) is 35.6 Å². The van der Waals surface area contributed by atoms with E-state index in [-0.39, 0.29) is 10.6 Å². The summed E-state index contributed by atoms with van der Waals surface area (Å²) in [6.07, 6.45) is 1.98. The van der Waals surface area contributed by atoms with Gasteiger partial charge in [-0.25, -0.2) is 4.98 Å². The van der Waals surface area contributed by atoms with Crippen LogP contribution < -0.4 is 10.2 Å². The second-order valence-electron chi connectivity index (χ2n) is 5.23. The normalized spacial score (nSPS) is 18.2. The molecule has 1 unspecified atom stereocenters. The zero-order valence-corrected chi connectivity index (χ0v) is 12.7. The number of fused-ring (bicyclic) bond motifs is 1. The first-order chi connectivity index (χ1) is 10.2. The van der Waals surface area contributed by atoms with Gasteiger partial charge in [0.2, 0.25) is 0 Å². The predicted octanol–water partition coefficient (Wildman–Crippen LogP) is 2.78. The number of benzene rings is 1. The first-order valence-electron chi connectivity index (χ1n) is 7.20. The SMILES string of the molecule is CCCN(c1ccc2scnc2c1[N+](=O)[O-])C1CCNC1. The van der Waals surface area contributed by atoms with Gasteiger partial charge < -0.3 is 10.2 Å². The lowest BCUT2D eigenvalue weighted by Gasteiger charge is -2.30. The molecule has 0 radical (unpaired) electrons. The lowest BCUT2D eigenvalue weighted by atomic mass is 10.1. The van der Waals surface area contributed by atoms with Crippen LogP contribution in [0.3, 0.4) is 0 Å². The van der Waals surface area contributed by atoms with Gasteiger partial charge in [-0.2, -0.15) is 0 Å². The smallest absolute Gasteiger partial charge is 0.319 e. The molecule has 1 aliphatic heterocycles. The molecule has 0 bridgehead atoms. The maximum Gasteiger partial charge on any atom is 0.319 e. The quantitative estimate of drug-likeness (QED) is 0.679. The molecule has 0 amide bonds. The highest BCUT2D eigenvalue weighted by atomic mass is 32.1. The van der Waals surface area contributed by atoms with E-state index in [1.807, 2.05) is 12.1 Å². The number of anilines is 1. The van der Waals surface area contributed by atoms with Gasteiger partial charge in [-0.05, 0) is 31.5 Å². The maximum atomic E-state index is 11.6. The Morgan fingerprint density at radius 3 is 3.10 bits per heavy atom. The Hall–Kier alpha value is -1.73. The van der Waals surface area contributed by atoms with Crippen molar-refractivity contribution >= 4 is 32.9 Å². The molecular weight excluding hydrogens is 288 g/mol. The van der Waals surface area contributed by atoms with Gasteiger partial charge in [0.25, 0.3) is 0 Å². The van der Waals surface area contributed by atoms with Crippen molar-refractivity contribution < 1.29 is 4.92 Å². The summed E-state index contributed by atoms with van der Waals surface area (Å²) in [5.41, 5.74) is 3.03. The highest BCUT2D eigenvalue weighted by Gasteiger charge is 2.29. The fourth-order valence-electron chi connectivity index (χ4n) is 2.96. The van der Waals surface area contributed by atoms with Crippen LogP contribution in [0.1, 0.15) is 19.8 Å². The highest BCUT2D eigenvalue weighted by molar-refractivity contribution is 7.16. The molecule has 1 atom stereocenters. The summed E-state index contributed by atoms with van der Waals surface area (Å²) >= 11 is 1.44. The minimum atomic E-state index is -0.289. The van der Waals surface area contributed by atoms with Gasteiger partial charge >= 0.3 is 5.69 Å². The Morgan fingerprint density at radius 1 is 1.57 bits per heavy atom. The van der Waals surface area contributed by atoms with Gasteiger partial charge in [-0.3, -0.25) is 10.1 Å². The zero-order chi connectivity index (χ0) is 14.8. The summed E-state index contributed by atoms with van der Waals surface area (Å²) in [7, 11) is 0. The molecule has 1 fully saturated rings. The van der Waals surface area contributed by atoms with Crippen LogP contribution in [0.25, 0.3) is 10.2 Å². The Labute approximate surface area is 126 Å². The fraction of sp³-hybridized carbons (Fsp3) is 0.500. The minimum absolute atomic E-state index is 0.147. The summed E-state index contributed by atoms with van der Waals surface area (Å²) < 4.78 is 0.867. The number of nitrogens with one attached hydrogen (secondary N) is 1. The molecule has 1 aromatic carbocycles. The van der Waals surface area contributed by atoms with E-state index >= 15 is 0 Å². The summed E-state index contributed by atoms with van der Waals surface area (Å²) in [5, 5.41) is 14.9. The molecule has 3 rings (SSSR count). The van der Waals surface area contributed by atoms with Gasteiger partial charge in [-0.15, -0.1) is 11.3 Å². The topological polar surface area (TPSA) is 71.3 Å². The van der Waals surface area contributed by atoms with Crippen molar-refractivity contribution in [3.05, 3.63) is 27.8 Å². The number of nitro benzene ring substituents is 1. The van der Waals surface area contributed by atoms with E-state index in [0.717, 1.165) is 37.2 Å². The van der Waals surface area contributed by atoms with Gasteiger partial charge in [0.05, 0.1) is 15.1 Å². The molecule has 21 heavy (non-hydrogen) atoms. The van der Waals surface area contributed by atoms with Crippen molar-refractivity contribution in [2.75, 3.05) is 24.5 Å². The van der Waals surface area contributed by atoms with Crippen molar-refractivity contribution in [2.45, 2.75) is 25.8 Å². The standard InChI is InChI=1S/C14H18N4O2S/c1-2-7-17(10-5-6-15-8-10)11-3-4-12-13(16-9-21-12)14(11)18(19)20/h3-4,9-10,15H,2,5-8H2,1H3. The molecule has 1 aromatic heterocycles. The second kappa shape index (κ2) is 5.95. The number of hydrogen-bond acceptors (Lipinski definition) is 6. The average Bonchev–Trinajstić information content (AvgIpc) is 3.14. The molecule has 2 heterocycles. The van der Waals surface area contributed by atoms with E-state index in [1.165, 1.54) is 11.3 Å². The third-order valence-corrected chi connectivity index (χ3v) is 4.68. The van der Waals surface area contributed by atoms with E-state index in [1.54, 1.807) is 5.51 Å². The highest BCUT2D eigenvalue weighted by Crippen LogP contribution is 2.38. The van der Waals surface area contributed by atoms with Gasteiger partial charge in [-0.1, -0.05) is 6.92 Å². The lowest BCUT2D eigenvalue weighted by Crippen LogP contribution is -2.37. The Kier molecular flexibility index (Phi) is 4.03. The van der Waals surface area contributed by atoms with E-state index < -0.39 is 0 Å². The largest absolute Gasteiger partial charge is 0.362 e. The molecule has 0 spiro atoms. The first kappa shape index (κ1) is 14.2. The number of thiazole rings is 1. The fourth-order valence-corrected chi connectivity index (χ4v) is 3.64. The van der Waals surface area contributed by atoms with Crippen LogP contribution in [0.2, 0.25) is 0 Å². The summed E-state index contributed by atoms with van der Waals surface area (Å²) in [6, 6.07) is 4.15. The molecule has 1 saturated heterocycles. The van der Waals surface area contributed by atoms with E-state index in [0.29, 0.717) is 17.2 Å². The van der Waals surface area contributed by atoms with Crippen LogP contribution >= 0.6 is 11.3 Å². The third kappa shape index (κ3) is 2.58. The molecule has 0 saturated carbocycles. The van der Waals surface area contributed by atoms with Crippen molar-refractivity contribution in [3.63, 3.8) is 0 Å². The van der Waals surface area contributed by atoms with Gasteiger partial charge in [0.1, 0.15) is 5.69 Å². The number of nitrogens with zero attached hydrogens (tertiary/aromatic N) is 3. The third-order valence-electron chi connectivity index (χ3n) is 3.89. The van der Waals surface area contributed by atoms with Gasteiger partial charge in [0, 0.05) is 19.1 Å². The number of hydrogen-bond donors (Lipinski definition) is 1. The van der Waals surface area contributed by atoms with Crippen LogP contribution in [0, 0.1) is 10.1 Å². The molecule has 6 nitrogen and oxygen atoms in total. The predicted molar refractivity (Wildman–Crippen MR) is 85.2 cm³/mol. The van der Waals surface area contributed by atoms with Crippen molar-refractivity contribution in [3.8, 4) is 0 Å². The van der Waals surface area contributed by atoms with Crippen LogP contribution in [0.4, 0.5) is 11.4 Å². The second-order valence-corrected chi connectivity index (χ2v) is 6.12. The number of rotatable bonds is 5. The van der Waals surface area contributed by atoms with Crippen molar-refractivity contribution in [2.24, 2.45) is 0 Å². The van der Waals surface area contributed by atoms with Crippen LogP contribution in [0.15, 0.2) is 17.6 Å². The summed E-state index contributed by atoms with van der Waals surface area (Å²) in [6.45, 7) is 4.77. The molecular formula is C14H18N4O2S. The Balaban J connectivity index is 2.11. The van der Waals surface area contributed by atoms with Crippen LogP contribution in [0.5, 0.6) is 0 Å². The average molecular weight is 306 g/mol. The van der Waals surface area contributed by atoms with E-state index in [4.69, 9.17) is 0 Å². The molecule has 1 N–H and O–H groups in total. The molecule has 112 valence electrons. The van der Waals surface area contributed by atoms with Crippen molar-refractivity contribution in [1.82, 2.24) is 10.3 Å². The summed E-state index contributed by atoms with van der Waals surface area (Å²) in [4.78, 5) is 17.7. The summed E-state index contributed by atoms with van der Waals surface area (Å²) in [5.74, 6) is 0. The molecule has 1 aliphatic rings. The van der Waals surface area contributed by atoms with Gasteiger partial charge in [0.15, 0.2) is 5.52 Å². The Morgan fingerprint density at radius 2 is 2.43 bits per heavy atom. The molecule has 0 aliphatic carbocycles. The maximum absolute atomic E-state index is 11.6.